The van der Waals surface area contributed by atoms with Gasteiger partial charge in [-0.3, -0.25) is 9.59 Å². The zero-order chi connectivity index (χ0) is 15.5. The number of rotatable bonds is 3. The van der Waals surface area contributed by atoms with Gasteiger partial charge in [0.15, 0.2) is 5.43 Å². The van der Waals surface area contributed by atoms with Gasteiger partial charge in [0, 0.05) is 10.8 Å². The molecule has 22 heavy (non-hydrogen) atoms. The minimum Gasteiger partial charge on any atom is -0.466 e. The SMILES string of the molecule is CCOC(=O)Cc1ccc2c(=O)c3ccccc3ccc2c1. The lowest BCUT2D eigenvalue weighted by Crippen LogP contribution is -2.07. The first-order valence-corrected chi connectivity index (χ1v) is 7.29. The number of carbonyl (C=O) groups excluding carboxylic acids is 1. The molecule has 0 aliphatic rings. The lowest BCUT2D eigenvalue weighted by Gasteiger charge is -2.02. The Hall–Kier alpha value is -2.68. The Morgan fingerprint density at radius 1 is 0.955 bits per heavy atom. The molecule has 0 fully saturated rings. The summed E-state index contributed by atoms with van der Waals surface area (Å²) >= 11 is 0. The van der Waals surface area contributed by atoms with Crippen molar-refractivity contribution in [1.29, 1.82) is 0 Å². The molecule has 0 bridgehead atoms. The number of fused-ring (bicyclic) bond motifs is 2. The van der Waals surface area contributed by atoms with Crippen LogP contribution in [0.25, 0.3) is 21.5 Å². The van der Waals surface area contributed by atoms with Gasteiger partial charge in [-0.05, 0) is 23.3 Å². The maximum atomic E-state index is 12.6. The van der Waals surface area contributed by atoms with Gasteiger partial charge < -0.3 is 4.74 Å². The molecule has 110 valence electrons. The lowest BCUT2D eigenvalue weighted by molar-refractivity contribution is -0.142. The fourth-order valence-corrected chi connectivity index (χ4v) is 2.62. The molecule has 0 aliphatic carbocycles. The molecule has 0 heterocycles. The second kappa shape index (κ2) is 5.98. The Kier molecular flexibility index (Phi) is 3.88. The summed E-state index contributed by atoms with van der Waals surface area (Å²) < 4.78 is 4.96. The van der Waals surface area contributed by atoms with E-state index in [9.17, 15) is 9.59 Å². The summed E-state index contributed by atoms with van der Waals surface area (Å²) in [6.07, 6.45) is 0.218. The van der Waals surface area contributed by atoms with E-state index in [0.29, 0.717) is 17.4 Å². The first-order chi connectivity index (χ1) is 10.7. The Labute approximate surface area is 128 Å². The van der Waals surface area contributed by atoms with Crippen molar-refractivity contribution in [2.75, 3.05) is 6.61 Å². The quantitative estimate of drug-likeness (QED) is 0.694. The monoisotopic (exact) mass is 292 g/mol. The largest absolute Gasteiger partial charge is 0.466 e. The summed E-state index contributed by atoms with van der Waals surface area (Å²) in [5.74, 6) is -0.255. The minimum absolute atomic E-state index is 0.0123. The molecule has 3 aromatic rings. The van der Waals surface area contributed by atoms with E-state index in [4.69, 9.17) is 4.74 Å². The fraction of sp³-hybridized carbons (Fsp3) is 0.158. The first-order valence-electron chi connectivity index (χ1n) is 7.29. The van der Waals surface area contributed by atoms with Crippen molar-refractivity contribution in [3.63, 3.8) is 0 Å². The highest BCUT2D eigenvalue weighted by molar-refractivity contribution is 5.93. The fourth-order valence-electron chi connectivity index (χ4n) is 2.62. The summed E-state index contributed by atoms with van der Waals surface area (Å²) in [6, 6.07) is 16.9. The van der Waals surface area contributed by atoms with Gasteiger partial charge in [-0.25, -0.2) is 0 Å². The van der Waals surface area contributed by atoms with Crippen molar-refractivity contribution in [2.24, 2.45) is 0 Å². The molecule has 3 aromatic carbocycles. The number of benzene rings is 2. The highest BCUT2D eigenvalue weighted by Crippen LogP contribution is 2.17. The Morgan fingerprint density at radius 2 is 1.68 bits per heavy atom. The minimum atomic E-state index is -0.255. The second-order valence-corrected chi connectivity index (χ2v) is 5.15. The molecular formula is C19H16O3. The third-order valence-corrected chi connectivity index (χ3v) is 3.66. The van der Waals surface area contributed by atoms with Gasteiger partial charge in [0.2, 0.25) is 0 Å². The van der Waals surface area contributed by atoms with Crippen LogP contribution < -0.4 is 5.43 Å². The van der Waals surface area contributed by atoms with E-state index in [-0.39, 0.29) is 17.8 Å². The van der Waals surface area contributed by atoms with Crippen LogP contribution in [0.3, 0.4) is 0 Å². The molecule has 0 radical (unpaired) electrons. The zero-order valence-corrected chi connectivity index (χ0v) is 12.3. The third-order valence-electron chi connectivity index (χ3n) is 3.66. The van der Waals surface area contributed by atoms with E-state index in [1.165, 1.54) is 0 Å². The zero-order valence-electron chi connectivity index (χ0n) is 12.3. The standard InChI is InChI=1S/C19H16O3/c1-2-22-18(20)12-13-7-10-17-15(11-13)9-8-14-5-3-4-6-16(14)19(17)21/h3-11H,2,12H2,1H3. The van der Waals surface area contributed by atoms with Crippen LogP contribution in [-0.2, 0) is 16.0 Å². The molecule has 0 spiro atoms. The number of carbonyl (C=O) groups is 1. The molecule has 3 nitrogen and oxygen atoms in total. The lowest BCUT2D eigenvalue weighted by atomic mass is 10.1. The average Bonchev–Trinajstić information content (AvgIpc) is 2.65. The van der Waals surface area contributed by atoms with Crippen LogP contribution in [0, 0.1) is 0 Å². The molecular weight excluding hydrogens is 276 g/mol. The second-order valence-electron chi connectivity index (χ2n) is 5.15. The van der Waals surface area contributed by atoms with Crippen molar-refractivity contribution in [3.8, 4) is 0 Å². The van der Waals surface area contributed by atoms with Crippen LogP contribution in [0.15, 0.2) is 59.4 Å². The van der Waals surface area contributed by atoms with E-state index < -0.39 is 0 Å². The van der Waals surface area contributed by atoms with E-state index >= 15 is 0 Å². The van der Waals surface area contributed by atoms with Crippen LogP contribution in [0.1, 0.15) is 12.5 Å². The molecule has 0 aliphatic heterocycles. The van der Waals surface area contributed by atoms with E-state index in [1.54, 1.807) is 13.0 Å². The summed E-state index contributed by atoms with van der Waals surface area (Å²) in [7, 11) is 0. The molecule has 0 unspecified atom stereocenters. The predicted octanol–water partition coefficient (Wildman–Crippen LogP) is 3.46. The third kappa shape index (κ3) is 2.70. The van der Waals surface area contributed by atoms with Gasteiger partial charge in [-0.15, -0.1) is 0 Å². The molecule has 0 aromatic heterocycles. The van der Waals surface area contributed by atoms with Crippen molar-refractivity contribution in [3.05, 3.63) is 70.4 Å². The highest BCUT2D eigenvalue weighted by atomic mass is 16.5. The highest BCUT2D eigenvalue weighted by Gasteiger charge is 2.07. The molecule has 0 atom stereocenters. The topological polar surface area (TPSA) is 43.4 Å². The number of hydrogen-bond donors (Lipinski definition) is 0. The molecule has 3 rings (SSSR count). The van der Waals surface area contributed by atoms with Gasteiger partial charge in [0.1, 0.15) is 0 Å². The summed E-state index contributed by atoms with van der Waals surface area (Å²) in [4.78, 5) is 24.2. The van der Waals surface area contributed by atoms with Crippen LogP contribution in [0.5, 0.6) is 0 Å². The first kappa shape index (κ1) is 14.3. The van der Waals surface area contributed by atoms with Gasteiger partial charge in [-0.1, -0.05) is 54.6 Å². The molecule has 0 N–H and O–H groups in total. The summed E-state index contributed by atoms with van der Waals surface area (Å²) in [5, 5.41) is 3.11. The van der Waals surface area contributed by atoms with E-state index in [1.807, 2.05) is 48.5 Å². The number of hydrogen-bond acceptors (Lipinski definition) is 3. The maximum Gasteiger partial charge on any atom is 0.310 e. The van der Waals surface area contributed by atoms with Crippen LogP contribution in [-0.4, -0.2) is 12.6 Å². The van der Waals surface area contributed by atoms with Crippen molar-refractivity contribution < 1.29 is 9.53 Å². The van der Waals surface area contributed by atoms with Crippen LogP contribution in [0.4, 0.5) is 0 Å². The van der Waals surface area contributed by atoms with Gasteiger partial charge >= 0.3 is 5.97 Å². The van der Waals surface area contributed by atoms with Crippen molar-refractivity contribution in [1.82, 2.24) is 0 Å². The van der Waals surface area contributed by atoms with Gasteiger partial charge in [0.05, 0.1) is 13.0 Å². The Bertz CT molecular complexity index is 913. The number of esters is 1. The van der Waals surface area contributed by atoms with E-state index in [0.717, 1.165) is 16.3 Å². The van der Waals surface area contributed by atoms with Crippen LogP contribution in [0.2, 0.25) is 0 Å². The Balaban J connectivity index is 2.16. The molecule has 3 heteroatoms. The van der Waals surface area contributed by atoms with E-state index in [2.05, 4.69) is 0 Å². The molecule has 0 saturated carbocycles. The average molecular weight is 292 g/mol. The van der Waals surface area contributed by atoms with Crippen molar-refractivity contribution in [2.45, 2.75) is 13.3 Å². The smallest absolute Gasteiger partial charge is 0.310 e. The maximum absolute atomic E-state index is 12.6. The van der Waals surface area contributed by atoms with Gasteiger partial charge in [-0.2, -0.15) is 0 Å². The molecule has 0 saturated heterocycles. The van der Waals surface area contributed by atoms with Crippen LogP contribution >= 0.6 is 0 Å². The number of ether oxygens (including phenoxy) is 1. The Morgan fingerprint density at radius 3 is 2.50 bits per heavy atom. The summed E-state index contributed by atoms with van der Waals surface area (Å²) in [5.41, 5.74) is 0.860. The predicted molar refractivity (Wildman–Crippen MR) is 88.1 cm³/mol. The molecule has 0 amide bonds. The van der Waals surface area contributed by atoms with Gasteiger partial charge in [0.25, 0.3) is 0 Å². The summed E-state index contributed by atoms with van der Waals surface area (Å²) in [6.45, 7) is 2.16. The normalized spacial score (nSPS) is 10.8. The van der Waals surface area contributed by atoms with Crippen molar-refractivity contribution >= 4 is 27.5 Å².